The number of rotatable bonds is 6. The SMILES string of the molecule is CSc1ccc(CNC(=O)c2cc3cc(S(=O)(=O)N4CCCCC4)ccc3n2C)cc1. The Balaban J connectivity index is 1.54. The van der Waals surface area contributed by atoms with Gasteiger partial charge in [-0.15, -0.1) is 11.8 Å². The summed E-state index contributed by atoms with van der Waals surface area (Å²) in [5, 5.41) is 3.70. The highest BCUT2D eigenvalue weighted by atomic mass is 32.2. The van der Waals surface area contributed by atoms with Crippen molar-refractivity contribution in [1.82, 2.24) is 14.2 Å². The van der Waals surface area contributed by atoms with Gasteiger partial charge < -0.3 is 9.88 Å². The molecule has 0 unspecified atom stereocenters. The molecular formula is C23H27N3O3S2. The van der Waals surface area contributed by atoms with Crippen molar-refractivity contribution in [1.29, 1.82) is 0 Å². The Morgan fingerprint density at radius 3 is 2.42 bits per heavy atom. The number of aromatic nitrogens is 1. The molecule has 0 bridgehead atoms. The first-order valence-electron chi connectivity index (χ1n) is 10.4. The molecule has 1 aliphatic heterocycles. The van der Waals surface area contributed by atoms with Gasteiger partial charge in [0.05, 0.1) is 4.90 Å². The molecule has 164 valence electrons. The highest BCUT2D eigenvalue weighted by Gasteiger charge is 2.26. The van der Waals surface area contributed by atoms with Crippen molar-refractivity contribution in [2.75, 3.05) is 19.3 Å². The summed E-state index contributed by atoms with van der Waals surface area (Å²) in [7, 11) is -1.68. The van der Waals surface area contributed by atoms with E-state index in [4.69, 9.17) is 0 Å². The second-order valence-corrected chi connectivity index (χ2v) is 10.6. The Morgan fingerprint density at radius 1 is 1.03 bits per heavy atom. The molecule has 8 heteroatoms. The van der Waals surface area contributed by atoms with Crippen LogP contribution in [0.4, 0.5) is 0 Å². The molecule has 0 saturated carbocycles. The molecule has 6 nitrogen and oxygen atoms in total. The van der Waals surface area contributed by atoms with Gasteiger partial charge in [0.15, 0.2) is 0 Å². The minimum Gasteiger partial charge on any atom is -0.347 e. The molecule has 1 fully saturated rings. The third-order valence-corrected chi connectivity index (χ3v) is 8.45. The quantitative estimate of drug-likeness (QED) is 0.568. The summed E-state index contributed by atoms with van der Waals surface area (Å²) in [6, 6.07) is 14.9. The van der Waals surface area contributed by atoms with E-state index in [0.29, 0.717) is 25.3 Å². The standard InChI is InChI=1S/C23H27N3O3S2/c1-25-21-11-10-20(31(28,29)26-12-4-3-5-13-26)14-18(21)15-22(25)23(27)24-16-17-6-8-19(30-2)9-7-17/h6-11,14-15H,3-5,12-13,16H2,1-2H3,(H,24,27). The molecule has 0 spiro atoms. The van der Waals surface area contributed by atoms with E-state index in [1.807, 2.05) is 37.6 Å². The Labute approximate surface area is 187 Å². The summed E-state index contributed by atoms with van der Waals surface area (Å²) in [4.78, 5) is 14.3. The number of nitrogens with zero attached hydrogens (tertiary/aromatic N) is 2. The van der Waals surface area contributed by atoms with Gasteiger partial charge in [0, 0.05) is 42.5 Å². The predicted octanol–water partition coefficient (Wildman–Crippen LogP) is 4.00. The number of hydrogen-bond acceptors (Lipinski definition) is 4. The minimum absolute atomic E-state index is 0.187. The third-order valence-electron chi connectivity index (χ3n) is 5.81. The summed E-state index contributed by atoms with van der Waals surface area (Å²) in [5.74, 6) is -0.187. The number of hydrogen-bond donors (Lipinski definition) is 1. The van der Waals surface area contributed by atoms with E-state index in [2.05, 4.69) is 5.32 Å². The van der Waals surface area contributed by atoms with Crippen LogP contribution in [0.5, 0.6) is 0 Å². The molecule has 1 amide bonds. The van der Waals surface area contributed by atoms with Crippen molar-refractivity contribution in [3.05, 3.63) is 59.8 Å². The molecule has 31 heavy (non-hydrogen) atoms. The molecule has 1 aromatic heterocycles. The van der Waals surface area contributed by atoms with E-state index in [9.17, 15) is 13.2 Å². The fourth-order valence-electron chi connectivity index (χ4n) is 3.98. The maximum Gasteiger partial charge on any atom is 0.268 e. The van der Waals surface area contributed by atoms with E-state index < -0.39 is 10.0 Å². The number of sulfonamides is 1. The summed E-state index contributed by atoms with van der Waals surface area (Å²) >= 11 is 1.68. The van der Waals surface area contributed by atoms with Crippen molar-refractivity contribution in [2.24, 2.45) is 7.05 Å². The molecule has 1 N–H and O–H groups in total. The molecule has 0 aliphatic carbocycles. The third kappa shape index (κ3) is 4.51. The lowest BCUT2D eigenvalue weighted by Gasteiger charge is -2.25. The first kappa shape index (κ1) is 21.9. The lowest BCUT2D eigenvalue weighted by Crippen LogP contribution is -2.35. The smallest absolute Gasteiger partial charge is 0.268 e. The fourth-order valence-corrected chi connectivity index (χ4v) is 5.94. The summed E-state index contributed by atoms with van der Waals surface area (Å²) in [6.07, 6.45) is 4.90. The van der Waals surface area contributed by atoms with E-state index in [-0.39, 0.29) is 10.8 Å². The van der Waals surface area contributed by atoms with E-state index in [1.54, 1.807) is 44.9 Å². The van der Waals surface area contributed by atoms with Crippen molar-refractivity contribution in [2.45, 2.75) is 35.6 Å². The average molecular weight is 458 g/mol. The molecular weight excluding hydrogens is 430 g/mol. The largest absolute Gasteiger partial charge is 0.347 e. The van der Waals surface area contributed by atoms with Gasteiger partial charge in [-0.2, -0.15) is 4.31 Å². The number of amides is 1. The number of carbonyl (C=O) groups is 1. The Hall–Kier alpha value is -2.29. The minimum atomic E-state index is -3.51. The molecule has 0 atom stereocenters. The van der Waals surface area contributed by atoms with Crippen LogP contribution in [-0.2, 0) is 23.6 Å². The first-order valence-corrected chi connectivity index (χ1v) is 13.1. The maximum atomic E-state index is 13.0. The second kappa shape index (κ2) is 9.06. The van der Waals surface area contributed by atoms with Gasteiger partial charge in [-0.05, 0) is 61.1 Å². The molecule has 1 saturated heterocycles. The Kier molecular flexibility index (Phi) is 6.41. The van der Waals surface area contributed by atoms with Crippen LogP contribution in [0.2, 0.25) is 0 Å². The highest BCUT2D eigenvalue weighted by Crippen LogP contribution is 2.26. The molecule has 1 aliphatic rings. The van der Waals surface area contributed by atoms with Crippen LogP contribution in [-0.4, -0.2) is 42.5 Å². The molecule has 0 radical (unpaired) electrons. The maximum absolute atomic E-state index is 13.0. The van der Waals surface area contributed by atoms with Crippen LogP contribution in [0.3, 0.4) is 0 Å². The second-order valence-electron chi connectivity index (χ2n) is 7.80. The molecule has 3 aromatic rings. The summed E-state index contributed by atoms with van der Waals surface area (Å²) < 4.78 is 29.4. The van der Waals surface area contributed by atoms with Crippen LogP contribution >= 0.6 is 11.8 Å². The summed E-state index contributed by atoms with van der Waals surface area (Å²) in [6.45, 7) is 1.57. The number of fused-ring (bicyclic) bond motifs is 1. The lowest BCUT2D eigenvalue weighted by atomic mass is 10.2. The van der Waals surface area contributed by atoms with Crippen LogP contribution in [0.1, 0.15) is 35.3 Å². The monoisotopic (exact) mass is 457 g/mol. The zero-order valence-electron chi connectivity index (χ0n) is 17.8. The van der Waals surface area contributed by atoms with Gasteiger partial charge in [0.2, 0.25) is 10.0 Å². The van der Waals surface area contributed by atoms with Gasteiger partial charge >= 0.3 is 0 Å². The number of nitrogens with one attached hydrogen (secondary N) is 1. The van der Waals surface area contributed by atoms with Crippen molar-refractivity contribution in [3.8, 4) is 0 Å². The topological polar surface area (TPSA) is 71.4 Å². The van der Waals surface area contributed by atoms with Crippen LogP contribution in [0.25, 0.3) is 10.9 Å². The van der Waals surface area contributed by atoms with Crippen LogP contribution < -0.4 is 5.32 Å². The van der Waals surface area contributed by atoms with Crippen LogP contribution in [0, 0.1) is 0 Å². The van der Waals surface area contributed by atoms with Crippen molar-refractivity contribution in [3.63, 3.8) is 0 Å². The molecule has 2 heterocycles. The van der Waals surface area contributed by atoms with Gasteiger partial charge in [0.1, 0.15) is 5.69 Å². The van der Waals surface area contributed by atoms with Gasteiger partial charge in [-0.1, -0.05) is 18.6 Å². The number of aryl methyl sites for hydroxylation is 1. The Morgan fingerprint density at radius 2 is 1.74 bits per heavy atom. The number of carbonyl (C=O) groups excluding carboxylic acids is 1. The highest BCUT2D eigenvalue weighted by molar-refractivity contribution is 7.98. The molecule has 2 aromatic carbocycles. The number of piperidine rings is 1. The van der Waals surface area contributed by atoms with Crippen LogP contribution in [0.15, 0.2) is 58.3 Å². The fraction of sp³-hybridized carbons (Fsp3) is 0.348. The average Bonchev–Trinajstić information content (AvgIpc) is 3.14. The normalized spacial score (nSPS) is 15.3. The van der Waals surface area contributed by atoms with Gasteiger partial charge in [-0.25, -0.2) is 8.42 Å². The summed E-state index contributed by atoms with van der Waals surface area (Å²) in [5.41, 5.74) is 2.36. The Bertz CT molecular complexity index is 1190. The van der Waals surface area contributed by atoms with Gasteiger partial charge in [-0.3, -0.25) is 4.79 Å². The number of benzene rings is 2. The lowest BCUT2D eigenvalue weighted by molar-refractivity contribution is 0.0943. The number of thioether (sulfide) groups is 1. The van der Waals surface area contributed by atoms with Crippen molar-refractivity contribution >= 4 is 38.6 Å². The van der Waals surface area contributed by atoms with E-state index >= 15 is 0 Å². The zero-order valence-corrected chi connectivity index (χ0v) is 19.4. The molecule has 4 rings (SSSR count). The predicted molar refractivity (Wildman–Crippen MR) is 125 cm³/mol. The van der Waals surface area contributed by atoms with E-state index in [1.165, 1.54) is 4.90 Å². The van der Waals surface area contributed by atoms with Crippen molar-refractivity contribution < 1.29 is 13.2 Å². The first-order chi connectivity index (χ1) is 14.9. The van der Waals surface area contributed by atoms with E-state index in [0.717, 1.165) is 35.7 Å². The zero-order chi connectivity index (χ0) is 22.0. The van der Waals surface area contributed by atoms with Gasteiger partial charge in [0.25, 0.3) is 5.91 Å².